The molecule has 2 rings (SSSR count). The Morgan fingerprint density at radius 2 is 2.15 bits per heavy atom. The lowest BCUT2D eigenvalue weighted by Gasteiger charge is -2.42. The number of rotatable bonds is 6. The van der Waals surface area contributed by atoms with Crippen LogP contribution in [0.15, 0.2) is 0 Å². The van der Waals surface area contributed by atoms with Crippen LogP contribution in [0.1, 0.15) is 33.1 Å². The van der Waals surface area contributed by atoms with Crippen LogP contribution >= 0.6 is 0 Å². The summed E-state index contributed by atoms with van der Waals surface area (Å²) >= 11 is 0. The molecule has 0 unspecified atom stereocenters. The molecule has 2 amide bonds. The molecule has 0 aromatic carbocycles. The van der Waals surface area contributed by atoms with Crippen molar-refractivity contribution >= 4 is 11.8 Å². The van der Waals surface area contributed by atoms with E-state index in [1.807, 2.05) is 11.9 Å². The van der Waals surface area contributed by atoms with Gasteiger partial charge in [0, 0.05) is 45.7 Å². The summed E-state index contributed by atoms with van der Waals surface area (Å²) in [7, 11) is 1.90. The average molecular weight is 281 g/mol. The second-order valence-corrected chi connectivity index (χ2v) is 6.52. The van der Waals surface area contributed by atoms with E-state index in [2.05, 4.69) is 24.1 Å². The summed E-state index contributed by atoms with van der Waals surface area (Å²) in [5.74, 6) is 1.11. The molecule has 2 heterocycles. The molecule has 0 aromatic heterocycles. The SMILES string of the molecule is CC(C)N1CC(C(=O)N(C)CCC[C@@H]2CNC(=O)C2)C1. The molecule has 5 heteroatoms. The van der Waals surface area contributed by atoms with Gasteiger partial charge in [0.25, 0.3) is 0 Å². The summed E-state index contributed by atoms with van der Waals surface area (Å²) in [6.07, 6.45) is 2.67. The van der Waals surface area contributed by atoms with E-state index in [9.17, 15) is 9.59 Å². The Balaban J connectivity index is 1.61. The predicted molar refractivity (Wildman–Crippen MR) is 78.2 cm³/mol. The van der Waals surface area contributed by atoms with Gasteiger partial charge in [0.2, 0.25) is 11.8 Å². The number of amides is 2. The van der Waals surface area contributed by atoms with Gasteiger partial charge >= 0.3 is 0 Å². The fourth-order valence-electron chi connectivity index (χ4n) is 3.00. The van der Waals surface area contributed by atoms with E-state index in [1.54, 1.807) is 0 Å². The van der Waals surface area contributed by atoms with Crippen LogP contribution in [0.4, 0.5) is 0 Å². The van der Waals surface area contributed by atoms with Crippen LogP contribution < -0.4 is 5.32 Å². The van der Waals surface area contributed by atoms with E-state index in [0.29, 0.717) is 18.4 Å². The molecular formula is C15H27N3O2. The fourth-order valence-corrected chi connectivity index (χ4v) is 3.00. The Hall–Kier alpha value is -1.10. The highest BCUT2D eigenvalue weighted by molar-refractivity contribution is 5.80. The normalized spacial score (nSPS) is 23.8. The minimum Gasteiger partial charge on any atom is -0.356 e. The highest BCUT2D eigenvalue weighted by Crippen LogP contribution is 2.21. The second kappa shape index (κ2) is 6.57. The lowest BCUT2D eigenvalue weighted by Crippen LogP contribution is -2.56. The molecule has 20 heavy (non-hydrogen) atoms. The number of carbonyl (C=O) groups excluding carboxylic acids is 2. The highest BCUT2D eigenvalue weighted by Gasteiger charge is 2.35. The minimum atomic E-state index is 0.169. The first-order valence-corrected chi connectivity index (χ1v) is 7.73. The molecule has 0 saturated carbocycles. The fraction of sp³-hybridized carbons (Fsp3) is 0.867. The minimum absolute atomic E-state index is 0.169. The Morgan fingerprint density at radius 3 is 2.70 bits per heavy atom. The third-order valence-electron chi connectivity index (χ3n) is 4.53. The van der Waals surface area contributed by atoms with E-state index >= 15 is 0 Å². The smallest absolute Gasteiger partial charge is 0.228 e. The van der Waals surface area contributed by atoms with E-state index in [4.69, 9.17) is 0 Å². The quantitative estimate of drug-likeness (QED) is 0.780. The van der Waals surface area contributed by atoms with E-state index in [1.165, 1.54) is 0 Å². The van der Waals surface area contributed by atoms with Crippen molar-refractivity contribution in [3.8, 4) is 0 Å². The Labute approximate surface area is 121 Å². The van der Waals surface area contributed by atoms with E-state index in [0.717, 1.165) is 39.0 Å². The average Bonchev–Trinajstić information content (AvgIpc) is 2.72. The van der Waals surface area contributed by atoms with Gasteiger partial charge in [-0.1, -0.05) is 0 Å². The molecule has 2 fully saturated rings. The van der Waals surface area contributed by atoms with Gasteiger partial charge in [0.15, 0.2) is 0 Å². The van der Waals surface area contributed by atoms with Crippen molar-refractivity contribution in [1.29, 1.82) is 0 Å². The molecule has 2 aliphatic heterocycles. The number of nitrogens with one attached hydrogen (secondary N) is 1. The first kappa shape index (κ1) is 15.3. The van der Waals surface area contributed by atoms with E-state index < -0.39 is 0 Å². The third-order valence-corrected chi connectivity index (χ3v) is 4.53. The molecule has 0 bridgehead atoms. The van der Waals surface area contributed by atoms with Gasteiger partial charge < -0.3 is 10.2 Å². The zero-order valence-electron chi connectivity index (χ0n) is 12.9. The molecular weight excluding hydrogens is 254 g/mol. The van der Waals surface area contributed by atoms with Crippen molar-refractivity contribution < 1.29 is 9.59 Å². The largest absolute Gasteiger partial charge is 0.356 e. The summed E-state index contributed by atoms with van der Waals surface area (Å²) in [6.45, 7) is 7.76. The molecule has 0 radical (unpaired) electrons. The van der Waals surface area contributed by atoms with Crippen LogP contribution in [-0.2, 0) is 9.59 Å². The number of hydrogen-bond donors (Lipinski definition) is 1. The maximum absolute atomic E-state index is 12.2. The van der Waals surface area contributed by atoms with Crippen molar-refractivity contribution in [1.82, 2.24) is 15.1 Å². The summed E-state index contributed by atoms with van der Waals surface area (Å²) in [5, 5.41) is 2.86. The van der Waals surface area contributed by atoms with Crippen molar-refractivity contribution in [2.45, 2.75) is 39.2 Å². The van der Waals surface area contributed by atoms with Gasteiger partial charge in [-0.2, -0.15) is 0 Å². The van der Waals surface area contributed by atoms with Gasteiger partial charge in [0.1, 0.15) is 0 Å². The predicted octanol–water partition coefficient (Wildman–Crippen LogP) is 0.701. The number of nitrogens with zero attached hydrogens (tertiary/aromatic N) is 2. The van der Waals surface area contributed by atoms with Crippen molar-refractivity contribution in [3.05, 3.63) is 0 Å². The van der Waals surface area contributed by atoms with Crippen LogP contribution in [0.25, 0.3) is 0 Å². The maximum atomic E-state index is 12.2. The molecule has 114 valence electrons. The molecule has 0 aliphatic carbocycles. The Morgan fingerprint density at radius 1 is 1.45 bits per heavy atom. The standard InChI is InChI=1S/C15H27N3O2/c1-11(2)18-9-13(10-18)15(20)17(3)6-4-5-12-7-14(19)16-8-12/h11-13H,4-10H2,1-3H3,(H,16,19)/t12-/m0/s1. The summed E-state index contributed by atoms with van der Waals surface area (Å²) in [4.78, 5) is 27.5. The molecule has 1 N–H and O–H groups in total. The van der Waals surface area contributed by atoms with Crippen LogP contribution in [0.5, 0.6) is 0 Å². The van der Waals surface area contributed by atoms with Gasteiger partial charge in [-0.3, -0.25) is 14.5 Å². The third kappa shape index (κ3) is 3.72. The van der Waals surface area contributed by atoms with Gasteiger partial charge in [-0.25, -0.2) is 0 Å². The topological polar surface area (TPSA) is 52.7 Å². The van der Waals surface area contributed by atoms with Crippen LogP contribution in [0, 0.1) is 11.8 Å². The van der Waals surface area contributed by atoms with Crippen molar-refractivity contribution in [2.24, 2.45) is 11.8 Å². The lowest BCUT2D eigenvalue weighted by atomic mass is 9.96. The molecule has 0 spiro atoms. The zero-order valence-corrected chi connectivity index (χ0v) is 12.9. The molecule has 2 saturated heterocycles. The van der Waals surface area contributed by atoms with Crippen LogP contribution in [0.2, 0.25) is 0 Å². The molecule has 2 aliphatic rings. The van der Waals surface area contributed by atoms with Gasteiger partial charge in [-0.15, -0.1) is 0 Å². The van der Waals surface area contributed by atoms with Gasteiger partial charge in [-0.05, 0) is 32.6 Å². The van der Waals surface area contributed by atoms with Crippen molar-refractivity contribution in [2.75, 3.05) is 33.2 Å². The zero-order chi connectivity index (χ0) is 14.7. The number of hydrogen-bond acceptors (Lipinski definition) is 3. The first-order chi connectivity index (χ1) is 9.47. The monoisotopic (exact) mass is 281 g/mol. The first-order valence-electron chi connectivity index (χ1n) is 7.73. The maximum Gasteiger partial charge on any atom is 0.228 e. The summed E-state index contributed by atoms with van der Waals surface area (Å²) in [6, 6.07) is 0.539. The molecule has 1 atom stereocenters. The lowest BCUT2D eigenvalue weighted by molar-refractivity contribution is -0.140. The van der Waals surface area contributed by atoms with E-state index in [-0.39, 0.29) is 17.7 Å². The number of likely N-dealkylation sites (tertiary alicyclic amines) is 1. The number of carbonyl (C=O) groups is 2. The Kier molecular flexibility index (Phi) is 5.02. The van der Waals surface area contributed by atoms with Gasteiger partial charge in [0.05, 0.1) is 5.92 Å². The summed E-state index contributed by atoms with van der Waals surface area (Å²) in [5.41, 5.74) is 0. The second-order valence-electron chi connectivity index (χ2n) is 6.52. The Bertz CT molecular complexity index is 364. The summed E-state index contributed by atoms with van der Waals surface area (Å²) < 4.78 is 0. The van der Waals surface area contributed by atoms with Crippen molar-refractivity contribution in [3.63, 3.8) is 0 Å². The van der Waals surface area contributed by atoms with Crippen LogP contribution in [-0.4, -0.2) is 60.9 Å². The molecule has 0 aromatic rings. The van der Waals surface area contributed by atoms with Crippen LogP contribution in [0.3, 0.4) is 0 Å². The highest BCUT2D eigenvalue weighted by atomic mass is 16.2. The molecule has 5 nitrogen and oxygen atoms in total.